The van der Waals surface area contributed by atoms with Crippen LogP contribution in [-0.2, 0) is 13.9 Å². The molecule has 8 N–H and O–H groups in total. The Morgan fingerprint density at radius 2 is 1.32 bits per heavy atom. The molecule has 0 saturated heterocycles. The van der Waals surface area contributed by atoms with Gasteiger partial charge in [-0.25, -0.2) is 9.13 Å². The smallest absolute Gasteiger partial charge is 0.394 e. The van der Waals surface area contributed by atoms with Gasteiger partial charge in [-0.2, -0.15) is 0 Å². The Morgan fingerprint density at radius 1 is 1.00 bits per heavy atom. The van der Waals surface area contributed by atoms with Gasteiger partial charge in [0.2, 0.25) is 0 Å². The Morgan fingerprint density at radius 3 is 1.53 bits per heavy atom. The second-order valence-corrected chi connectivity index (χ2v) is 4.94. The van der Waals surface area contributed by atoms with E-state index in [9.17, 15) is 0 Å². The molecule has 0 spiro atoms. The molecule has 0 rings (SSSR count). The maximum absolute atomic E-state index is 8.88. The summed E-state index contributed by atoms with van der Waals surface area (Å²) in [6.45, 7) is 2.55. The van der Waals surface area contributed by atoms with Crippen LogP contribution >= 0.6 is 15.6 Å². The number of phosphoric acid groups is 2. The fourth-order valence-electron chi connectivity index (χ4n) is 0.402. The fourth-order valence-corrected chi connectivity index (χ4v) is 0.402. The van der Waals surface area contributed by atoms with Crippen LogP contribution in [0, 0.1) is 0 Å². The van der Waals surface area contributed by atoms with Crippen LogP contribution in [0.2, 0.25) is 0 Å². The third-order valence-electron chi connectivity index (χ3n) is 1.02. The second-order valence-electron chi connectivity index (χ2n) is 2.89. The highest BCUT2D eigenvalue weighted by molar-refractivity contribution is 7.45. The molecule has 1 unspecified atom stereocenters. The van der Waals surface area contributed by atoms with Gasteiger partial charge in [0, 0.05) is 0 Å². The van der Waals surface area contributed by atoms with Crippen LogP contribution in [-0.4, -0.2) is 65.5 Å². The molecular weight excluding hydrogens is 310 g/mol. The third kappa shape index (κ3) is 93.1. The van der Waals surface area contributed by atoms with Gasteiger partial charge >= 0.3 is 15.6 Å². The zero-order chi connectivity index (χ0) is 16.1. The average Bonchev–Trinajstić information content (AvgIpc) is 2.12. The van der Waals surface area contributed by atoms with Gasteiger partial charge in [0.1, 0.15) is 0 Å². The summed E-state index contributed by atoms with van der Waals surface area (Å²) in [5, 5.41) is 17.1. The SMILES string of the molecule is CCC(O)COCCO.O=P(O)(O)O.O=P(O)(O)O. The van der Waals surface area contributed by atoms with Gasteiger partial charge < -0.3 is 44.3 Å². The first-order chi connectivity index (χ1) is 8.31. The topological polar surface area (TPSA) is 205 Å². The molecule has 0 fully saturated rings. The van der Waals surface area contributed by atoms with E-state index in [1.165, 1.54) is 0 Å². The Balaban J connectivity index is -0.000000219. The van der Waals surface area contributed by atoms with Crippen molar-refractivity contribution in [2.45, 2.75) is 19.4 Å². The quantitative estimate of drug-likeness (QED) is 0.202. The lowest BCUT2D eigenvalue weighted by Gasteiger charge is -2.06. The summed E-state index contributed by atoms with van der Waals surface area (Å²) in [6, 6.07) is 0. The minimum atomic E-state index is -4.64. The van der Waals surface area contributed by atoms with Gasteiger partial charge in [-0.05, 0) is 6.42 Å². The lowest BCUT2D eigenvalue weighted by Crippen LogP contribution is -2.15. The van der Waals surface area contributed by atoms with E-state index >= 15 is 0 Å². The fraction of sp³-hybridized carbons (Fsp3) is 1.00. The highest BCUT2D eigenvalue weighted by atomic mass is 31.2. The van der Waals surface area contributed by atoms with Crippen molar-refractivity contribution in [1.29, 1.82) is 0 Å². The molecule has 120 valence electrons. The van der Waals surface area contributed by atoms with Gasteiger partial charge in [0.05, 0.1) is 25.9 Å². The molecule has 0 bridgehead atoms. The van der Waals surface area contributed by atoms with E-state index in [0.717, 1.165) is 0 Å². The number of hydrogen-bond acceptors (Lipinski definition) is 5. The molecule has 0 amide bonds. The molecule has 0 aromatic rings. The van der Waals surface area contributed by atoms with E-state index in [-0.39, 0.29) is 12.7 Å². The summed E-state index contributed by atoms with van der Waals surface area (Å²) < 4.78 is 22.6. The van der Waals surface area contributed by atoms with Crippen molar-refractivity contribution in [2.24, 2.45) is 0 Å². The third-order valence-corrected chi connectivity index (χ3v) is 1.02. The van der Waals surface area contributed by atoms with E-state index in [2.05, 4.69) is 0 Å². The molecule has 1 atom stereocenters. The second kappa shape index (κ2) is 13.1. The van der Waals surface area contributed by atoms with E-state index in [1.807, 2.05) is 6.92 Å². The van der Waals surface area contributed by atoms with Crippen LogP contribution in [0.15, 0.2) is 0 Å². The zero-order valence-corrected chi connectivity index (χ0v) is 11.9. The Labute approximate surface area is 109 Å². The Kier molecular flexibility index (Phi) is 16.6. The molecule has 0 aliphatic heterocycles. The first kappa shape index (κ1) is 24.1. The average molecular weight is 330 g/mol. The highest BCUT2D eigenvalue weighted by Crippen LogP contribution is 2.26. The summed E-state index contributed by atoms with van der Waals surface area (Å²) >= 11 is 0. The Bertz CT molecular complexity index is 234. The lowest BCUT2D eigenvalue weighted by molar-refractivity contribution is 0.0201. The van der Waals surface area contributed by atoms with Crippen molar-refractivity contribution in [2.75, 3.05) is 19.8 Å². The molecule has 0 aliphatic rings. The standard InChI is InChI=1S/C6H14O3.2H3O4P/c1-2-6(8)5-9-4-3-7;2*1-5(2,3)4/h6-8H,2-5H2,1H3;2*(H3,1,2,3,4). The van der Waals surface area contributed by atoms with Crippen LogP contribution in [0.5, 0.6) is 0 Å². The molecule has 0 aliphatic carbocycles. The number of ether oxygens (including phenoxy) is 1. The van der Waals surface area contributed by atoms with E-state index in [1.54, 1.807) is 0 Å². The van der Waals surface area contributed by atoms with Gasteiger partial charge in [-0.3, -0.25) is 0 Å². The lowest BCUT2D eigenvalue weighted by atomic mass is 10.3. The van der Waals surface area contributed by atoms with Crippen LogP contribution in [0.1, 0.15) is 13.3 Å². The monoisotopic (exact) mass is 330 g/mol. The predicted molar refractivity (Wildman–Crippen MR) is 62.7 cm³/mol. The predicted octanol–water partition coefficient (Wildman–Crippen LogP) is -2.09. The number of hydrogen-bond donors (Lipinski definition) is 8. The van der Waals surface area contributed by atoms with Gasteiger partial charge in [-0.15, -0.1) is 0 Å². The van der Waals surface area contributed by atoms with Crippen LogP contribution < -0.4 is 0 Å². The molecular formula is C6H20O11P2. The first-order valence-electron chi connectivity index (χ1n) is 4.74. The summed E-state index contributed by atoms with van der Waals surface area (Å²) in [6.07, 6.45) is 0.322. The molecule has 0 heterocycles. The van der Waals surface area contributed by atoms with Crippen LogP contribution in [0.4, 0.5) is 0 Å². The Hall–Kier alpha value is 0.1000. The summed E-state index contributed by atoms with van der Waals surface area (Å²) in [5.41, 5.74) is 0. The van der Waals surface area contributed by atoms with Crippen LogP contribution in [0.3, 0.4) is 0 Å². The first-order valence-corrected chi connectivity index (χ1v) is 7.87. The minimum absolute atomic E-state index is 0.0242. The van der Waals surface area contributed by atoms with Crippen molar-refractivity contribution < 1.29 is 53.4 Å². The van der Waals surface area contributed by atoms with Crippen molar-refractivity contribution in [3.63, 3.8) is 0 Å². The van der Waals surface area contributed by atoms with Crippen LogP contribution in [0.25, 0.3) is 0 Å². The number of rotatable bonds is 5. The van der Waals surface area contributed by atoms with E-state index in [4.69, 9.17) is 53.4 Å². The molecule has 13 heteroatoms. The molecule has 0 aromatic carbocycles. The van der Waals surface area contributed by atoms with Gasteiger partial charge in [0.15, 0.2) is 0 Å². The summed E-state index contributed by atoms with van der Waals surface area (Å²) in [5.74, 6) is 0. The van der Waals surface area contributed by atoms with Crippen molar-refractivity contribution >= 4 is 15.6 Å². The molecule has 0 saturated carbocycles. The maximum atomic E-state index is 8.88. The van der Waals surface area contributed by atoms with Gasteiger partial charge in [-0.1, -0.05) is 6.92 Å². The zero-order valence-electron chi connectivity index (χ0n) is 10.1. The number of aliphatic hydroxyl groups is 2. The molecule has 19 heavy (non-hydrogen) atoms. The van der Waals surface area contributed by atoms with Crippen molar-refractivity contribution in [3.05, 3.63) is 0 Å². The van der Waals surface area contributed by atoms with Crippen molar-refractivity contribution in [3.8, 4) is 0 Å². The number of aliphatic hydroxyl groups excluding tert-OH is 2. The van der Waals surface area contributed by atoms with E-state index in [0.29, 0.717) is 19.6 Å². The van der Waals surface area contributed by atoms with Crippen molar-refractivity contribution in [1.82, 2.24) is 0 Å². The largest absolute Gasteiger partial charge is 0.466 e. The highest BCUT2D eigenvalue weighted by Gasteiger charge is 2.00. The summed E-state index contributed by atoms with van der Waals surface area (Å²) in [4.78, 5) is 43.1. The molecule has 0 radical (unpaired) electrons. The minimum Gasteiger partial charge on any atom is -0.394 e. The molecule has 11 nitrogen and oxygen atoms in total. The summed E-state index contributed by atoms with van der Waals surface area (Å²) in [7, 11) is -9.28. The van der Waals surface area contributed by atoms with E-state index < -0.39 is 15.6 Å². The molecule has 0 aromatic heterocycles. The maximum Gasteiger partial charge on any atom is 0.466 e. The normalized spacial score (nSPS) is 12.7. The van der Waals surface area contributed by atoms with Gasteiger partial charge in [0.25, 0.3) is 0 Å².